The van der Waals surface area contributed by atoms with Gasteiger partial charge in [-0.3, -0.25) is 15.6 Å². The summed E-state index contributed by atoms with van der Waals surface area (Å²) < 4.78 is 26.8. The SMILES string of the molecule is COCOc1cc(OCOC)c(C(C)C)cc1C(=O)NNC(=S)Nc1ccc(N2CCOCC2)cc1. The normalized spacial score (nSPS) is 13.3. The van der Waals surface area contributed by atoms with Crippen molar-refractivity contribution in [3.63, 3.8) is 0 Å². The van der Waals surface area contributed by atoms with Gasteiger partial charge in [0.2, 0.25) is 0 Å². The summed E-state index contributed by atoms with van der Waals surface area (Å²) in [6.07, 6.45) is 0. The van der Waals surface area contributed by atoms with Crippen molar-refractivity contribution < 1.29 is 28.5 Å². The number of hydrazine groups is 1. The third-order valence-electron chi connectivity index (χ3n) is 5.43. The Morgan fingerprint density at radius 2 is 1.64 bits per heavy atom. The van der Waals surface area contributed by atoms with Crippen molar-refractivity contribution in [2.45, 2.75) is 19.8 Å². The van der Waals surface area contributed by atoms with Crippen LogP contribution in [0.15, 0.2) is 36.4 Å². The molecule has 1 saturated heterocycles. The van der Waals surface area contributed by atoms with Crippen LogP contribution in [0.25, 0.3) is 0 Å². The largest absolute Gasteiger partial charge is 0.467 e. The maximum absolute atomic E-state index is 13.0. The average Bonchev–Trinajstić information content (AvgIpc) is 2.90. The van der Waals surface area contributed by atoms with Gasteiger partial charge in [-0.1, -0.05) is 13.8 Å². The Balaban J connectivity index is 1.64. The molecule has 0 saturated carbocycles. The quantitative estimate of drug-likeness (QED) is 0.247. The van der Waals surface area contributed by atoms with Crippen LogP contribution in [-0.4, -0.2) is 65.1 Å². The minimum absolute atomic E-state index is 0.0289. The first-order chi connectivity index (χ1) is 17.4. The number of amides is 1. The molecular weight excluding hydrogens is 484 g/mol. The van der Waals surface area contributed by atoms with Crippen LogP contribution in [0, 0.1) is 0 Å². The van der Waals surface area contributed by atoms with Gasteiger partial charge in [-0.2, -0.15) is 0 Å². The summed E-state index contributed by atoms with van der Waals surface area (Å²) >= 11 is 5.35. The van der Waals surface area contributed by atoms with Crippen molar-refractivity contribution in [1.82, 2.24) is 10.9 Å². The van der Waals surface area contributed by atoms with E-state index in [1.54, 1.807) is 19.2 Å². The van der Waals surface area contributed by atoms with E-state index < -0.39 is 5.91 Å². The number of morpholine rings is 1. The van der Waals surface area contributed by atoms with Crippen LogP contribution in [-0.2, 0) is 14.2 Å². The summed E-state index contributed by atoms with van der Waals surface area (Å²) in [5, 5.41) is 3.31. The van der Waals surface area contributed by atoms with E-state index in [1.165, 1.54) is 7.11 Å². The zero-order chi connectivity index (χ0) is 25.9. The lowest BCUT2D eigenvalue weighted by molar-refractivity contribution is 0.0449. The fourth-order valence-corrected chi connectivity index (χ4v) is 3.78. The number of rotatable bonds is 10. The van der Waals surface area contributed by atoms with E-state index in [0.29, 0.717) is 17.1 Å². The lowest BCUT2D eigenvalue weighted by atomic mass is 9.98. The van der Waals surface area contributed by atoms with Crippen LogP contribution in [0.2, 0.25) is 0 Å². The van der Waals surface area contributed by atoms with E-state index in [4.69, 9.17) is 35.9 Å². The number of nitrogens with one attached hydrogen (secondary N) is 3. The Labute approximate surface area is 217 Å². The number of methoxy groups -OCH3 is 2. The van der Waals surface area contributed by atoms with Gasteiger partial charge in [0.25, 0.3) is 5.91 Å². The molecule has 0 radical (unpaired) electrons. The predicted molar refractivity (Wildman–Crippen MR) is 142 cm³/mol. The summed E-state index contributed by atoms with van der Waals surface area (Å²) in [5.74, 6) is 0.550. The molecule has 1 fully saturated rings. The molecule has 1 heterocycles. The molecular formula is C25H34N4O6S. The first kappa shape index (κ1) is 27.5. The summed E-state index contributed by atoms with van der Waals surface area (Å²) in [7, 11) is 3.05. The van der Waals surface area contributed by atoms with Crippen molar-refractivity contribution in [3.05, 3.63) is 47.5 Å². The maximum atomic E-state index is 13.0. The van der Waals surface area contributed by atoms with E-state index >= 15 is 0 Å². The average molecular weight is 519 g/mol. The van der Waals surface area contributed by atoms with Gasteiger partial charge in [-0.05, 0) is 54.0 Å². The van der Waals surface area contributed by atoms with Crippen molar-refractivity contribution >= 4 is 34.6 Å². The smallest absolute Gasteiger partial charge is 0.273 e. The Morgan fingerprint density at radius 3 is 2.25 bits per heavy atom. The Kier molecular flexibility index (Phi) is 10.6. The monoisotopic (exact) mass is 518 g/mol. The third kappa shape index (κ3) is 7.69. The summed E-state index contributed by atoms with van der Waals surface area (Å²) in [6.45, 7) is 7.26. The molecule has 1 aliphatic rings. The van der Waals surface area contributed by atoms with Crippen molar-refractivity contribution in [1.29, 1.82) is 0 Å². The number of ether oxygens (including phenoxy) is 5. The molecule has 36 heavy (non-hydrogen) atoms. The molecule has 3 N–H and O–H groups in total. The molecule has 0 aromatic heterocycles. The molecule has 1 amide bonds. The van der Waals surface area contributed by atoms with Crippen molar-refractivity contribution in [2.75, 3.05) is 64.3 Å². The van der Waals surface area contributed by atoms with Gasteiger partial charge in [0.05, 0.1) is 18.8 Å². The highest BCUT2D eigenvalue weighted by Gasteiger charge is 2.20. The van der Waals surface area contributed by atoms with Gasteiger partial charge in [-0.25, -0.2) is 0 Å². The van der Waals surface area contributed by atoms with Gasteiger partial charge in [0.15, 0.2) is 18.7 Å². The second-order valence-electron chi connectivity index (χ2n) is 8.32. The van der Waals surface area contributed by atoms with Gasteiger partial charge in [-0.15, -0.1) is 0 Å². The van der Waals surface area contributed by atoms with E-state index in [-0.39, 0.29) is 24.6 Å². The summed E-state index contributed by atoms with van der Waals surface area (Å²) in [6, 6.07) is 11.3. The van der Waals surface area contributed by atoms with Crippen LogP contribution in [0.3, 0.4) is 0 Å². The molecule has 10 nitrogen and oxygen atoms in total. The molecule has 2 aromatic rings. The van der Waals surface area contributed by atoms with Crippen LogP contribution in [0.1, 0.15) is 35.7 Å². The second kappa shape index (κ2) is 13.8. The fourth-order valence-electron chi connectivity index (χ4n) is 3.62. The van der Waals surface area contributed by atoms with Crippen molar-refractivity contribution in [2.24, 2.45) is 0 Å². The van der Waals surface area contributed by atoms with Crippen LogP contribution in [0.5, 0.6) is 11.5 Å². The highest BCUT2D eigenvalue weighted by Crippen LogP contribution is 2.34. The number of carbonyl (C=O) groups excluding carboxylic acids is 1. The maximum Gasteiger partial charge on any atom is 0.273 e. The first-order valence-electron chi connectivity index (χ1n) is 11.6. The van der Waals surface area contributed by atoms with Gasteiger partial charge >= 0.3 is 0 Å². The third-order valence-corrected chi connectivity index (χ3v) is 5.64. The highest BCUT2D eigenvalue weighted by molar-refractivity contribution is 7.80. The van der Waals surface area contributed by atoms with Gasteiger partial charge < -0.3 is 33.9 Å². The predicted octanol–water partition coefficient (Wildman–Crippen LogP) is 3.24. The van der Waals surface area contributed by atoms with E-state index in [0.717, 1.165) is 43.2 Å². The van der Waals surface area contributed by atoms with Crippen LogP contribution >= 0.6 is 12.2 Å². The minimum Gasteiger partial charge on any atom is -0.467 e. The van der Waals surface area contributed by atoms with Crippen LogP contribution < -0.4 is 30.5 Å². The zero-order valence-corrected chi connectivity index (χ0v) is 21.9. The standard InChI is InChI=1S/C25H34N4O6S/c1-17(2)20-13-21(23(35-16-32-4)14-22(20)34-15-31-3)24(30)27-28-25(36)26-18-5-7-19(8-6-18)29-9-11-33-12-10-29/h5-8,13-14,17H,9-12,15-16H2,1-4H3,(H,27,30)(H2,26,28,36). The van der Waals surface area contributed by atoms with E-state index in [9.17, 15) is 4.79 Å². The summed E-state index contributed by atoms with van der Waals surface area (Å²) in [5.41, 5.74) is 8.44. The lowest BCUT2D eigenvalue weighted by Crippen LogP contribution is -2.44. The van der Waals surface area contributed by atoms with Gasteiger partial charge in [0.1, 0.15) is 11.5 Å². The molecule has 1 aliphatic heterocycles. The number of thiocarbonyl (C=S) groups is 1. The fraction of sp³-hybridized carbons (Fsp3) is 0.440. The number of nitrogens with zero attached hydrogens (tertiary/aromatic N) is 1. The topological polar surface area (TPSA) is 103 Å². The number of hydrogen-bond donors (Lipinski definition) is 3. The van der Waals surface area contributed by atoms with Gasteiger partial charge in [0, 0.05) is 44.8 Å². The minimum atomic E-state index is -0.423. The molecule has 3 rings (SSSR count). The zero-order valence-electron chi connectivity index (χ0n) is 21.1. The number of benzene rings is 2. The number of hydrogen-bond acceptors (Lipinski definition) is 8. The highest BCUT2D eigenvalue weighted by atomic mass is 32.1. The van der Waals surface area contributed by atoms with Crippen LogP contribution in [0.4, 0.5) is 11.4 Å². The van der Waals surface area contributed by atoms with Crippen molar-refractivity contribution in [3.8, 4) is 11.5 Å². The molecule has 2 aromatic carbocycles. The van der Waals surface area contributed by atoms with E-state index in [2.05, 4.69) is 21.1 Å². The molecule has 0 aliphatic carbocycles. The Hall–Kier alpha value is -3.12. The molecule has 0 atom stereocenters. The number of anilines is 2. The second-order valence-corrected chi connectivity index (χ2v) is 8.73. The molecule has 11 heteroatoms. The molecule has 0 unspecified atom stereocenters. The number of carbonyl (C=O) groups is 1. The lowest BCUT2D eigenvalue weighted by Gasteiger charge is -2.29. The molecule has 0 spiro atoms. The molecule has 0 bridgehead atoms. The summed E-state index contributed by atoms with van der Waals surface area (Å²) in [4.78, 5) is 15.3. The molecule has 196 valence electrons. The first-order valence-corrected chi connectivity index (χ1v) is 12.0. The van der Waals surface area contributed by atoms with E-state index in [1.807, 2.05) is 38.1 Å². The Bertz CT molecular complexity index is 1010. The Morgan fingerprint density at radius 1 is 1.00 bits per heavy atom.